The molecule has 2 saturated heterocycles. The Hall–Kier alpha value is -0.300. The first-order chi connectivity index (χ1) is 9.67. The summed E-state index contributed by atoms with van der Waals surface area (Å²) in [4.78, 5) is 14.3. The van der Waals surface area contributed by atoms with Gasteiger partial charge in [-0.25, -0.2) is 0 Å². The predicted octanol–water partition coefficient (Wildman–Crippen LogP) is 0.438. The van der Waals surface area contributed by atoms with Crippen LogP contribution in [0.3, 0.4) is 0 Å². The molecule has 2 heterocycles. The van der Waals surface area contributed by atoms with E-state index in [4.69, 9.17) is 10.5 Å². The number of hydrogen-bond acceptors (Lipinski definition) is 5. The first-order valence-corrected chi connectivity index (χ1v) is 8.74. The Kier molecular flexibility index (Phi) is 6.14. The van der Waals surface area contributed by atoms with Crippen molar-refractivity contribution in [3.63, 3.8) is 0 Å². The molecule has 2 aliphatic rings. The molecule has 0 aromatic heterocycles. The molecule has 0 radical (unpaired) electrons. The van der Waals surface area contributed by atoms with Crippen LogP contribution in [0.25, 0.3) is 0 Å². The number of piperidine rings is 1. The quantitative estimate of drug-likeness (QED) is 0.771. The number of hydrogen-bond donors (Lipinski definition) is 2. The van der Waals surface area contributed by atoms with Gasteiger partial charge in [0, 0.05) is 43.6 Å². The first kappa shape index (κ1) is 16.1. The lowest BCUT2D eigenvalue weighted by Crippen LogP contribution is -2.50. The molecule has 6 heteroatoms. The Balaban J connectivity index is 1.70. The number of thioether (sulfide) groups is 1. The van der Waals surface area contributed by atoms with E-state index < -0.39 is 0 Å². The van der Waals surface area contributed by atoms with E-state index >= 15 is 0 Å². The topological polar surface area (TPSA) is 67.6 Å². The Morgan fingerprint density at radius 2 is 2.05 bits per heavy atom. The van der Waals surface area contributed by atoms with E-state index in [1.807, 2.05) is 11.8 Å². The van der Waals surface area contributed by atoms with Crippen LogP contribution >= 0.6 is 11.8 Å². The highest BCUT2D eigenvalue weighted by atomic mass is 32.2. The summed E-state index contributed by atoms with van der Waals surface area (Å²) in [5, 5.41) is 3.12. The highest BCUT2D eigenvalue weighted by molar-refractivity contribution is 8.00. The van der Waals surface area contributed by atoms with Crippen LogP contribution < -0.4 is 11.1 Å². The minimum atomic E-state index is 0.154. The van der Waals surface area contributed by atoms with Gasteiger partial charge in [-0.05, 0) is 31.9 Å². The summed E-state index contributed by atoms with van der Waals surface area (Å²) in [6.07, 6.45) is 6.17. The summed E-state index contributed by atoms with van der Waals surface area (Å²) >= 11 is 1.88. The van der Waals surface area contributed by atoms with Crippen LogP contribution in [0.5, 0.6) is 0 Å². The van der Waals surface area contributed by atoms with Gasteiger partial charge in [-0.1, -0.05) is 0 Å². The second-order valence-corrected chi connectivity index (χ2v) is 7.10. The molecule has 20 heavy (non-hydrogen) atoms. The monoisotopic (exact) mass is 301 g/mol. The van der Waals surface area contributed by atoms with E-state index in [0.29, 0.717) is 12.6 Å². The van der Waals surface area contributed by atoms with E-state index in [1.54, 1.807) is 0 Å². The van der Waals surface area contributed by atoms with Crippen molar-refractivity contribution in [2.75, 3.05) is 45.6 Å². The zero-order valence-corrected chi connectivity index (χ0v) is 13.2. The second-order valence-electron chi connectivity index (χ2n) is 5.82. The van der Waals surface area contributed by atoms with Gasteiger partial charge in [0.15, 0.2) is 0 Å². The van der Waals surface area contributed by atoms with E-state index in [1.165, 1.54) is 0 Å². The summed E-state index contributed by atoms with van der Waals surface area (Å²) < 4.78 is 5.53. The Labute approximate surface area is 126 Å². The van der Waals surface area contributed by atoms with Crippen LogP contribution in [0.2, 0.25) is 0 Å². The minimum absolute atomic E-state index is 0.154. The van der Waals surface area contributed by atoms with Crippen molar-refractivity contribution in [1.29, 1.82) is 0 Å². The molecule has 5 nitrogen and oxygen atoms in total. The van der Waals surface area contributed by atoms with Crippen LogP contribution in [0.15, 0.2) is 0 Å². The van der Waals surface area contributed by atoms with Crippen LogP contribution in [0, 0.1) is 0 Å². The lowest BCUT2D eigenvalue weighted by Gasteiger charge is -2.40. The molecule has 0 unspecified atom stereocenters. The molecule has 0 aromatic rings. The number of nitrogens with zero attached hydrogens (tertiary/aromatic N) is 1. The molecule has 2 aliphatic heterocycles. The standard InChI is InChI=1S/C14H27N3O2S/c1-20-14(11-15)4-6-17(7-5-14)10-13(18)16-12-2-8-19-9-3-12/h12H,2-11,15H2,1H3,(H,16,18). The number of rotatable bonds is 5. The number of nitrogens with two attached hydrogens (primary N) is 1. The van der Waals surface area contributed by atoms with E-state index in [9.17, 15) is 4.79 Å². The predicted molar refractivity (Wildman–Crippen MR) is 83.0 cm³/mol. The van der Waals surface area contributed by atoms with Crippen molar-refractivity contribution in [3.8, 4) is 0 Å². The van der Waals surface area contributed by atoms with Crippen molar-refractivity contribution >= 4 is 17.7 Å². The fourth-order valence-corrected chi connectivity index (χ4v) is 3.69. The summed E-state index contributed by atoms with van der Waals surface area (Å²) in [5.41, 5.74) is 5.89. The maximum atomic E-state index is 12.1. The van der Waals surface area contributed by atoms with Gasteiger partial charge in [0.2, 0.25) is 5.91 Å². The van der Waals surface area contributed by atoms with Gasteiger partial charge in [-0.2, -0.15) is 11.8 Å². The smallest absolute Gasteiger partial charge is 0.234 e. The number of nitrogens with one attached hydrogen (secondary N) is 1. The fourth-order valence-electron chi connectivity index (χ4n) is 2.93. The zero-order chi connectivity index (χ0) is 14.4. The van der Waals surface area contributed by atoms with Gasteiger partial charge >= 0.3 is 0 Å². The molecule has 0 aromatic carbocycles. The molecule has 116 valence electrons. The second kappa shape index (κ2) is 7.64. The lowest BCUT2D eigenvalue weighted by molar-refractivity contribution is -0.123. The maximum Gasteiger partial charge on any atom is 0.234 e. The molecule has 2 fully saturated rings. The summed E-state index contributed by atoms with van der Waals surface area (Å²) in [5.74, 6) is 0.154. The Morgan fingerprint density at radius 1 is 1.40 bits per heavy atom. The number of ether oxygens (including phenoxy) is 1. The largest absolute Gasteiger partial charge is 0.381 e. The van der Waals surface area contributed by atoms with Gasteiger partial charge in [0.25, 0.3) is 0 Å². The third-order valence-electron chi connectivity index (χ3n) is 4.53. The van der Waals surface area contributed by atoms with E-state index in [0.717, 1.165) is 58.5 Å². The number of amides is 1. The highest BCUT2D eigenvalue weighted by Gasteiger charge is 2.33. The number of carbonyl (C=O) groups excluding carboxylic acids is 1. The Bertz CT molecular complexity index is 308. The van der Waals surface area contributed by atoms with Crippen LogP contribution in [-0.4, -0.2) is 67.2 Å². The average molecular weight is 301 g/mol. The van der Waals surface area contributed by atoms with Gasteiger partial charge in [0.1, 0.15) is 0 Å². The molecule has 3 N–H and O–H groups in total. The van der Waals surface area contributed by atoms with Crippen LogP contribution in [-0.2, 0) is 9.53 Å². The van der Waals surface area contributed by atoms with Crippen molar-refractivity contribution < 1.29 is 9.53 Å². The lowest BCUT2D eigenvalue weighted by atomic mass is 9.96. The van der Waals surface area contributed by atoms with Crippen LogP contribution in [0.4, 0.5) is 0 Å². The minimum Gasteiger partial charge on any atom is -0.381 e. The summed E-state index contributed by atoms with van der Waals surface area (Å²) in [7, 11) is 0. The summed E-state index contributed by atoms with van der Waals surface area (Å²) in [6, 6.07) is 0.301. The average Bonchev–Trinajstić information content (AvgIpc) is 2.49. The van der Waals surface area contributed by atoms with Crippen molar-refractivity contribution in [2.45, 2.75) is 36.5 Å². The normalized spacial score (nSPS) is 24.5. The fraction of sp³-hybridized carbons (Fsp3) is 0.929. The number of likely N-dealkylation sites (tertiary alicyclic amines) is 1. The van der Waals surface area contributed by atoms with Crippen molar-refractivity contribution in [1.82, 2.24) is 10.2 Å². The molecule has 0 bridgehead atoms. The van der Waals surface area contributed by atoms with Gasteiger partial charge in [0.05, 0.1) is 6.54 Å². The maximum absolute atomic E-state index is 12.1. The molecular formula is C14H27N3O2S. The third-order valence-corrected chi connectivity index (χ3v) is 5.97. The first-order valence-electron chi connectivity index (χ1n) is 7.52. The molecule has 0 aliphatic carbocycles. The van der Waals surface area contributed by atoms with Crippen molar-refractivity contribution in [2.24, 2.45) is 5.73 Å². The molecule has 2 rings (SSSR count). The highest BCUT2D eigenvalue weighted by Crippen LogP contribution is 2.33. The summed E-state index contributed by atoms with van der Waals surface area (Å²) in [6.45, 7) is 4.73. The van der Waals surface area contributed by atoms with Crippen LogP contribution in [0.1, 0.15) is 25.7 Å². The van der Waals surface area contributed by atoms with Crippen molar-refractivity contribution in [3.05, 3.63) is 0 Å². The van der Waals surface area contributed by atoms with Gasteiger partial charge in [-0.15, -0.1) is 0 Å². The van der Waals surface area contributed by atoms with Gasteiger partial charge in [-0.3, -0.25) is 9.69 Å². The molecular weight excluding hydrogens is 274 g/mol. The SMILES string of the molecule is CSC1(CN)CCN(CC(=O)NC2CCOCC2)CC1. The number of carbonyl (C=O) groups is 1. The van der Waals surface area contributed by atoms with Gasteiger partial charge < -0.3 is 15.8 Å². The Morgan fingerprint density at radius 3 is 2.60 bits per heavy atom. The van der Waals surface area contributed by atoms with E-state index in [2.05, 4.69) is 16.5 Å². The zero-order valence-electron chi connectivity index (χ0n) is 12.4. The third kappa shape index (κ3) is 4.35. The molecule has 0 spiro atoms. The van der Waals surface area contributed by atoms with E-state index in [-0.39, 0.29) is 10.7 Å². The molecule has 0 atom stereocenters. The molecule has 1 amide bonds. The molecule has 0 saturated carbocycles.